The third-order valence-corrected chi connectivity index (χ3v) is 5.87. The summed E-state index contributed by atoms with van der Waals surface area (Å²) in [5.74, 6) is 0.298. The van der Waals surface area contributed by atoms with E-state index in [0.29, 0.717) is 21.6 Å². The van der Waals surface area contributed by atoms with Crippen molar-refractivity contribution in [2.75, 3.05) is 6.26 Å². The Balaban J connectivity index is 1.94. The van der Waals surface area contributed by atoms with Crippen LogP contribution in [0.4, 0.5) is 4.39 Å². The second-order valence-electron chi connectivity index (χ2n) is 6.15. The lowest BCUT2D eigenvalue weighted by molar-refractivity contribution is 0.584. The molecular weight excluding hydrogens is 423 g/mol. The van der Waals surface area contributed by atoms with Crippen LogP contribution in [0.1, 0.15) is 17.0 Å². The predicted octanol–water partition coefficient (Wildman–Crippen LogP) is 3.71. The molecule has 0 unspecified atom stereocenters. The van der Waals surface area contributed by atoms with Crippen molar-refractivity contribution in [3.05, 3.63) is 70.3 Å². The second kappa shape index (κ2) is 8.60. The van der Waals surface area contributed by atoms with E-state index in [1.165, 1.54) is 17.8 Å². The van der Waals surface area contributed by atoms with E-state index < -0.39 is 10.0 Å². The van der Waals surface area contributed by atoms with Gasteiger partial charge < -0.3 is 0 Å². The highest BCUT2D eigenvalue weighted by molar-refractivity contribution is 7.98. The summed E-state index contributed by atoms with van der Waals surface area (Å²) in [6.45, 7) is 1.96. The number of aromatic nitrogens is 3. The van der Waals surface area contributed by atoms with Gasteiger partial charge in [0, 0.05) is 22.0 Å². The molecule has 0 saturated heterocycles. The van der Waals surface area contributed by atoms with E-state index in [4.69, 9.17) is 11.6 Å². The Morgan fingerprint density at radius 3 is 2.54 bits per heavy atom. The SMILES string of the molecule is Cc1ccc(-n2c(CNS(C)(=O)=O)nnc2SCc2c(F)cccc2Cl)cc1. The molecule has 1 aromatic heterocycles. The lowest BCUT2D eigenvalue weighted by atomic mass is 10.2. The summed E-state index contributed by atoms with van der Waals surface area (Å²) in [7, 11) is -3.39. The van der Waals surface area contributed by atoms with Gasteiger partial charge >= 0.3 is 0 Å². The first kappa shape index (κ1) is 20.8. The van der Waals surface area contributed by atoms with E-state index in [1.54, 1.807) is 16.7 Å². The van der Waals surface area contributed by atoms with E-state index in [-0.39, 0.29) is 18.1 Å². The van der Waals surface area contributed by atoms with Crippen LogP contribution in [0.3, 0.4) is 0 Å². The zero-order valence-electron chi connectivity index (χ0n) is 15.2. The highest BCUT2D eigenvalue weighted by Gasteiger charge is 2.17. The summed E-state index contributed by atoms with van der Waals surface area (Å²) in [5.41, 5.74) is 2.24. The summed E-state index contributed by atoms with van der Waals surface area (Å²) >= 11 is 7.37. The van der Waals surface area contributed by atoms with Crippen molar-refractivity contribution in [2.45, 2.75) is 24.4 Å². The van der Waals surface area contributed by atoms with Crippen molar-refractivity contribution in [2.24, 2.45) is 0 Å². The van der Waals surface area contributed by atoms with Crippen molar-refractivity contribution in [1.82, 2.24) is 19.5 Å². The van der Waals surface area contributed by atoms with Gasteiger partial charge in [-0.2, -0.15) is 0 Å². The van der Waals surface area contributed by atoms with Crippen LogP contribution in [0.5, 0.6) is 0 Å². The first-order valence-corrected chi connectivity index (χ1v) is 11.5. The summed E-state index contributed by atoms with van der Waals surface area (Å²) in [6, 6.07) is 12.2. The summed E-state index contributed by atoms with van der Waals surface area (Å²) in [5, 5.41) is 9.13. The van der Waals surface area contributed by atoms with Crippen LogP contribution in [0, 0.1) is 12.7 Å². The Morgan fingerprint density at radius 2 is 1.89 bits per heavy atom. The van der Waals surface area contributed by atoms with E-state index in [0.717, 1.165) is 17.5 Å². The molecule has 0 bridgehead atoms. The smallest absolute Gasteiger partial charge is 0.209 e. The Hall–Kier alpha value is -1.94. The number of nitrogens with zero attached hydrogens (tertiary/aromatic N) is 3. The number of aryl methyl sites for hydroxylation is 1. The van der Waals surface area contributed by atoms with Crippen molar-refractivity contribution < 1.29 is 12.8 Å². The lowest BCUT2D eigenvalue weighted by Crippen LogP contribution is -2.23. The molecule has 0 aliphatic heterocycles. The zero-order chi connectivity index (χ0) is 20.3. The van der Waals surface area contributed by atoms with E-state index >= 15 is 0 Å². The molecule has 28 heavy (non-hydrogen) atoms. The van der Waals surface area contributed by atoms with Gasteiger partial charge in [-0.15, -0.1) is 10.2 Å². The summed E-state index contributed by atoms with van der Waals surface area (Å²) in [4.78, 5) is 0. The minimum absolute atomic E-state index is 0.0132. The fourth-order valence-corrected chi connectivity index (χ4v) is 4.17. The molecule has 0 saturated carbocycles. The zero-order valence-corrected chi connectivity index (χ0v) is 17.6. The van der Waals surface area contributed by atoms with Gasteiger partial charge in [-0.25, -0.2) is 17.5 Å². The van der Waals surface area contributed by atoms with Crippen LogP contribution in [0.2, 0.25) is 5.02 Å². The maximum atomic E-state index is 14.1. The molecule has 6 nitrogen and oxygen atoms in total. The van der Waals surface area contributed by atoms with E-state index in [2.05, 4.69) is 14.9 Å². The number of rotatable bonds is 7. The molecule has 2 aromatic carbocycles. The third-order valence-electron chi connectivity index (χ3n) is 3.89. The Labute approximate surface area is 172 Å². The molecule has 0 amide bonds. The molecule has 10 heteroatoms. The third kappa shape index (κ3) is 5.11. The largest absolute Gasteiger partial charge is 0.273 e. The Bertz CT molecular complexity index is 1070. The van der Waals surface area contributed by atoms with Crippen LogP contribution < -0.4 is 4.72 Å². The number of hydrogen-bond donors (Lipinski definition) is 1. The average Bonchev–Trinajstić information content (AvgIpc) is 3.03. The highest BCUT2D eigenvalue weighted by Crippen LogP contribution is 2.29. The van der Waals surface area contributed by atoms with E-state index in [1.807, 2.05) is 31.2 Å². The van der Waals surface area contributed by atoms with Gasteiger partial charge in [-0.1, -0.05) is 47.1 Å². The molecule has 0 atom stereocenters. The predicted molar refractivity (Wildman–Crippen MR) is 109 cm³/mol. The first-order valence-electron chi connectivity index (χ1n) is 8.26. The first-order chi connectivity index (χ1) is 13.2. The summed E-state index contributed by atoms with van der Waals surface area (Å²) in [6.07, 6.45) is 1.08. The number of sulfonamides is 1. The number of halogens is 2. The van der Waals surface area contributed by atoms with Gasteiger partial charge in [0.05, 0.1) is 12.8 Å². The monoisotopic (exact) mass is 440 g/mol. The molecule has 0 aliphatic rings. The second-order valence-corrected chi connectivity index (χ2v) is 9.33. The van der Waals surface area contributed by atoms with Crippen molar-refractivity contribution in [3.8, 4) is 5.69 Å². The van der Waals surface area contributed by atoms with Gasteiger partial charge in [-0.05, 0) is 31.2 Å². The summed E-state index contributed by atoms with van der Waals surface area (Å²) < 4.78 is 41.2. The van der Waals surface area contributed by atoms with Crippen molar-refractivity contribution in [3.63, 3.8) is 0 Å². The molecule has 0 aliphatic carbocycles. The maximum Gasteiger partial charge on any atom is 0.209 e. The van der Waals surface area contributed by atoms with Crippen LogP contribution >= 0.6 is 23.4 Å². The van der Waals surface area contributed by atoms with E-state index in [9.17, 15) is 12.8 Å². The lowest BCUT2D eigenvalue weighted by Gasteiger charge is -2.11. The van der Waals surface area contributed by atoms with Crippen molar-refractivity contribution in [1.29, 1.82) is 0 Å². The molecule has 3 rings (SSSR count). The highest BCUT2D eigenvalue weighted by atomic mass is 35.5. The quantitative estimate of drug-likeness (QED) is 0.567. The molecule has 3 aromatic rings. The van der Waals surface area contributed by atoms with Gasteiger partial charge in [0.25, 0.3) is 0 Å². The molecule has 0 spiro atoms. The minimum Gasteiger partial charge on any atom is -0.273 e. The van der Waals surface area contributed by atoms with Crippen LogP contribution in [-0.4, -0.2) is 29.4 Å². The van der Waals surface area contributed by atoms with Crippen LogP contribution in [0.15, 0.2) is 47.6 Å². The minimum atomic E-state index is -3.39. The average molecular weight is 441 g/mol. The van der Waals surface area contributed by atoms with Crippen molar-refractivity contribution >= 4 is 33.4 Å². The molecule has 1 heterocycles. The fraction of sp³-hybridized carbons (Fsp3) is 0.222. The molecular formula is C18H18ClFN4O2S2. The van der Waals surface area contributed by atoms with Gasteiger partial charge in [0.2, 0.25) is 10.0 Å². The Kier molecular flexibility index (Phi) is 6.39. The molecule has 1 N–H and O–H groups in total. The van der Waals surface area contributed by atoms with Gasteiger partial charge in [-0.3, -0.25) is 4.57 Å². The standard InChI is InChI=1S/C18H18ClFN4O2S2/c1-12-6-8-13(9-7-12)24-17(10-21-28(2,25)26)22-23-18(24)27-11-14-15(19)4-3-5-16(14)20/h3-9,21H,10-11H2,1-2H3. The number of hydrogen-bond acceptors (Lipinski definition) is 5. The molecule has 148 valence electrons. The maximum absolute atomic E-state index is 14.1. The molecule has 0 radical (unpaired) electrons. The van der Waals surface area contributed by atoms with Crippen LogP contribution in [0.25, 0.3) is 5.69 Å². The molecule has 0 fully saturated rings. The Morgan fingerprint density at radius 1 is 1.18 bits per heavy atom. The van der Waals surface area contributed by atoms with Gasteiger partial charge in [0.1, 0.15) is 5.82 Å². The van der Waals surface area contributed by atoms with Crippen LogP contribution in [-0.2, 0) is 22.3 Å². The number of benzene rings is 2. The topological polar surface area (TPSA) is 76.9 Å². The fourth-order valence-electron chi connectivity index (χ4n) is 2.46. The number of thioether (sulfide) groups is 1. The normalized spacial score (nSPS) is 11.7. The number of nitrogens with one attached hydrogen (secondary N) is 1. The van der Waals surface area contributed by atoms with Gasteiger partial charge in [0.15, 0.2) is 11.0 Å².